The molecule has 0 spiro atoms. The third-order valence-corrected chi connectivity index (χ3v) is 4.07. The molecule has 0 aliphatic carbocycles. The molecule has 3 atom stereocenters. The van der Waals surface area contributed by atoms with Gasteiger partial charge < -0.3 is 20.1 Å². The first-order chi connectivity index (χ1) is 7.51. The van der Waals surface area contributed by atoms with E-state index in [-0.39, 0.29) is 13.0 Å². The summed E-state index contributed by atoms with van der Waals surface area (Å²) in [4.78, 5) is 23.0. The van der Waals surface area contributed by atoms with Gasteiger partial charge in [-0.05, 0) is 20.8 Å². The number of carbonyl (C=O) groups is 2. The van der Waals surface area contributed by atoms with Gasteiger partial charge in [0.1, 0.15) is 6.10 Å². The average molecular weight is 245 g/mol. The lowest BCUT2D eigenvalue weighted by molar-refractivity contribution is -0.945. The zero-order chi connectivity index (χ0) is 13.6. The van der Waals surface area contributed by atoms with Crippen molar-refractivity contribution in [1.82, 2.24) is 0 Å². The number of nitrogens with zero attached hydrogens (tertiary/aromatic N) is 1. The maximum Gasteiger partial charge on any atom is 0.368 e. The quantitative estimate of drug-likeness (QED) is 0.610. The number of amides is 1. The molecule has 1 saturated heterocycles. The lowest BCUT2D eigenvalue weighted by Gasteiger charge is -2.52. The molecule has 0 aromatic heterocycles. The number of hydrogen-bond acceptors (Lipinski definition) is 4. The van der Waals surface area contributed by atoms with E-state index in [1.165, 1.54) is 6.92 Å². The minimum atomic E-state index is -1.78. The van der Waals surface area contributed by atoms with E-state index in [0.717, 1.165) is 0 Å². The Bertz CT molecular complexity index is 361. The first-order valence-electron chi connectivity index (χ1n) is 5.53. The highest BCUT2D eigenvalue weighted by Gasteiger charge is 2.68. The van der Waals surface area contributed by atoms with Gasteiger partial charge in [-0.1, -0.05) is 0 Å². The molecule has 1 fully saturated rings. The summed E-state index contributed by atoms with van der Waals surface area (Å²) in [6, 6.07) is 0. The minimum absolute atomic E-state index is 0.0514. The minimum Gasteiger partial charge on any atom is -0.498 e. The van der Waals surface area contributed by atoms with E-state index in [1.54, 1.807) is 20.8 Å². The number of carboxylic acids is 1. The average Bonchev–Trinajstić information content (AvgIpc) is 2.40. The second kappa shape index (κ2) is 3.68. The molecule has 0 aromatic rings. The van der Waals surface area contributed by atoms with Crippen molar-refractivity contribution in [2.75, 3.05) is 6.54 Å². The molecular formula is C11H19NO5. The van der Waals surface area contributed by atoms with Crippen LogP contribution in [0.15, 0.2) is 0 Å². The highest BCUT2D eigenvalue weighted by Crippen LogP contribution is 2.44. The van der Waals surface area contributed by atoms with E-state index < -0.39 is 33.7 Å². The molecule has 0 bridgehead atoms. The van der Waals surface area contributed by atoms with E-state index in [9.17, 15) is 24.9 Å². The molecule has 6 heteroatoms. The molecule has 1 aliphatic heterocycles. The van der Waals surface area contributed by atoms with Crippen molar-refractivity contribution >= 4 is 12.1 Å². The van der Waals surface area contributed by atoms with Crippen LogP contribution in [0.4, 0.5) is 4.79 Å². The van der Waals surface area contributed by atoms with Crippen LogP contribution in [0.3, 0.4) is 0 Å². The zero-order valence-electron chi connectivity index (χ0n) is 10.6. The summed E-state index contributed by atoms with van der Waals surface area (Å²) in [5.41, 5.74) is -2.65. The van der Waals surface area contributed by atoms with E-state index in [4.69, 9.17) is 0 Å². The Morgan fingerprint density at radius 2 is 1.88 bits per heavy atom. The van der Waals surface area contributed by atoms with Crippen molar-refractivity contribution in [3.05, 3.63) is 0 Å². The lowest BCUT2D eigenvalue weighted by atomic mass is 9.88. The molecule has 0 saturated carbocycles. The van der Waals surface area contributed by atoms with Crippen LogP contribution < -0.4 is 5.11 Å². The Morgan fingerprint density at radius 3 is 2.12 bits per heavy atom. The molecule has 98 valence electrons. The second-order valence-electron chi connectivity index (χ2n) is 5.73. The summed E-state index contributed by atoms with van der Waals surface area (Å²) >= 11 is 0. The number of aliphatic carboxylic acids is 1. The van der Waals surface area contributed by atoms with Gasteiger partial charge in [0, 0.05) is 13.3 Å². The second-order valence-corrected chi connectivity index (χ2v) is 5.73. The van der Waals surface area contributed by atoms with Crippen LogP contribution in [0, 0.1) is 0 Å². The number of hydrogen-bond donors (Lipinski definition) is 2. The summed E-state index contributed by atoms with van der Waals surface area (Å²) in [5.74, 6) is -1.32. The van der Waals surface area contributed by atoms with Gasteiger partial charge in [-0.15, -0.1) is 0 Å². The van der Waals surface area contributed by atoms with Crippen LogP contribution in [0.25, 0.3) is 0 Å². The predicted molar refractivity (Wildman–Crippen MR) is 56.9 cm³/mol. The summed E-state index contributed by atoms with van der Waals surface area (Å²) in [7, 11) is 0. The third kappa shape index (κ3) is 1.47. The standard InChI is InChI=1S/C11H19NO5/c1-10(2,3)12(9(16)17)6-5-7(13)11(12,4)8(14)15/h7,13H,5-6H2,1-4H3,(H-,14,15,16,17)/t7-,11-,12?/m0/s1. The van der Waals surface area contributed by atoms with Crippen LogP contribution >= 0.6 is 0 Å². The maximum atomic E-state index is 11.5. The van der Waals surface area contributed by atoms with Gasteiger partial charge in [-0.25, -0.2) is 4.79 Å². The fourth-order valence-electron chi connectivity index (χ4n) is 2.98. The van der Waals surface area contributed by atoms with E-state index in [1.807, 2.05) is 0 Å². The molecule has 6 nitrogen and oxygen atoms in total. The van der Waals surface area contributed by atoms with Gasteiger partial charge >= 0.3 is 5.97 Å². The Labute approximate surface area is 100 Å². The maximum absolute atomic E-state index is 11.5. The normalized spacial score (nSPS) is 38.1. The van der Waals surface area contributed by atoms with E-state index in [2.05, 4.69) is 0 Å². The van der Waals surface area contributed by atoms with Crippen molar-refractivity contribution in [1.29, 1.82) is 0 Å². The number of likely N-dealkylation sites (tertiary alicyclic amines) is 1. The van der Waals surface area contributed by atoms with Crippen molar-refractivity contribution in [3.63, 3.8) is 0 Å². The fourth-order valence-corrected chi connectivity index (χ4v) is 2.98. The predicted octanol–water partition coefficient (Wildman–Crippen LogP) is -0.447. The molecule has 1 amide bonds. The van der Waals surface area contributed by atoms with Gasteiger partial charge in [-0.2, -0.15) is 0 Å². The number of aliphatic hydroxyl groups excluding tert-OH is 1. The summed E-state index contributed by atoms with van der Waals surface area (Å²) in [6.07, 6.45) is -2.52. The van der Waals surface area contributed by atoms with Crippen LogP contribution in [-0.4, -0.2) is 50.5 Å². The number of carboxylic acid groups (broad SMARTS) is 2. The molecule has 17 heavy (non-hydrogen) atoms. The van der Waals surface area contributed by atoms with Gasteiger partial charge in [0.25, 0.3) is 6.09 Å². The summed E-state index contributed by atoms with van der Waals surface area (Å²) in [6.45, 7) is 6.25. The zero-order valence-corrected chi connectivity index (χ0v) is 10.6. The van der Waals surface area contributed by atoms with Gasteiger partial charge in [-0.3, -0.25) is 4.48 Å². The first kappa shape index (κ1) is 13.9. The Balaban J connectivity index is 3.52. The Morgan fingerprint density at radius 1 is 1.41 bits per heavy atom. The van der Waals surface area contributed by atoms with E-state index in [0.29, 0.717) is 0 Å². The van der Waals surface area contributed by atoms with Gasteiger partial charge in [0.2, 0.25) is 5.54 Å². The summed E-state index contributed by atoms with van der Waals surface area (Å²) in [5, 5.41) is 30.7. The number of aliphatic hydroxyl groups is 1. The Hall–Kier alpha value is -1.14. The topological polar surface area (TPSA) is 97.7 Å². The lowest BCUT2D eigenvalue weighted by Crippen LogP contribution is -2.78. The molecule has 1 heterocycles. The van der Waals surface area contributed by atoms with Crippen molar-refractivity contribution in [2.24, 2.45) is 0 Å². The molecule has 0 radical (unpaired) electrons. The van der Waals surface area contributed by atoms with Gasteiger partial charge in [0.05, 0.1) is 12.1 Å². The van der Waals surface area contributed by atoms with Gasteiger partial charge in [0.15, 0.2) is 0 Å². The SMILES string of the molecule is CC(C)(C)[N+]1(C(=O)[O-])CC[C@H](O)[C@@]1(C)C(=O)O. The fraction of sp³-hybridized carbons (Fsp3) is 0.818. The molecular weight excluding hydrogens is 226 g/mol. The first-order valence-corrected chi connectivity index (χ1v) is 5.53. The monoisotopic (exact) mass is 245 g/mol. The van der Waals surface area contributed by atoms with Crippen LogP contribution in [0.2, 0.25) is 0 Å². The molecule has 1 unspecified atom stereocenters. The molecule has 1 rings (SSSR count). The largest absolute Gasteiger partial charge is 0.498 e. The smallest absolute Gasteiger partial charge is 0.368 e. The Kier molecular flexibility index (Phi) is 3.01. The van der Waals surface area contributed by atoms with Crippen LogP contribution in [0.1, 0.15) is 34.1 Å². The molecule has 1 aliphatic rings. The van der Waals surface area contributed by atoms with Crippen molar-refractivity contribution in [3.8, 4) is 0 Å². The van der Waals surface area contributed by atoms with Crippen LogP contribution in [0.5, 0.6) is 0 Å². The number of rotatable bonds is 1. The number of quaternary nitrogens is 1. The van der Waals surface area contributed by atoms with E-state index >= 15 is 0 Å². The third-order valence-electron chi connectivity index (χ3n) is 4.07. The molecule has 2 N–H and O–H groups in total. The molecule has 0 aromatic carbocycles. The summed E-state index contributed by atoms with van der Waals surface area (Å²) < 4.78 is -0.767. The van der Waals surface area contributed by atoms with Crippen LogP contribution in [-0.2, 0) is 4.79 Å². The van der Waals surface area contributed by atoms with Crippen molar-refractivity contribution < 1.29 is 29.4 Å². The highest BCUT2D eigenvalue weighted by molar-refractivity contribution is 5.80. The van der Waals surface area contributed by atoms with Crippen molar-refractivity contribution in [2.45, 2.75) is 51.3 Å². The highest BCUT2D eigenvalue weighted by atomic mass is 16.4. The number of carbonyl (C=O) groups excluding carboxylic acids is 1.